The number of carbonyl (C=O) groups excluding carboxylic acids is 1. The average molecular weight is 401 g/mol. The van der Waals surface area contributed by atoms with E-state index in [0.717, 1.165) is 37.2 Å². The van der Waals surface area contributed by atoms with Gasteiger partial charge in [-0.25, -0.2) is 0 Å². The third kappa shape index (κ3) is 5.06. The minimum Gasteiger partial charge on any atom is -0.489 e. The fourth-order valence-electron chi connectivity index (χ4n) is 3.92. The van der Waals surface area contributed by atoms with Gasteiger partial charge in [0.05, 0.1) is 0 Å². The molecule has 1 saturated heterocycles. The van der Waals surface area contributed by atoms with Crippen LogP contribution in [-0.2, 0) is 11.4 Å². The van der Waals surface area contributed by atoms with Crippen molar-refractivity contribution in [3.05, 3.63) is 65.7 Å². The predicted molar refractivity (Wildman–Crippen MR) is 114 cm³/mol. The maximum absolute atomic E-state index is 12.6. The van der Waals surface area contributed by atoms with Crippen molar-refractivity contribution in [1.29, 1.82) is 0 Å². The van der Waals surface area contributed by atoms with Gasteiger partial charge in [0.25, 0.3) is 0 Å². The summed E-state index contributed by atoms with van der Waals surface area (Å²) in [5.41, 5.74) is 2.40. The van der Waals surface area contributed by atoms with Gasteiger partial charge in [-0.15, -0.1) is 12.4 Å². The van der Waals surface area contributed by atoms with Gasteiger partial charge in [-0.3, -0.25) is 4.79 Å². The van der Waals surface area contributed by atoms with Crippen molar-refractivity contribution < 1.29 is 9.53 Å². The zero-order valence-electron chi connectivity index (χ0n) is 16.3. The summed E-state index contributed by atoms with van der Waals surface area (Å²) < 4.78 is 5.85. The second-order valence-corrected chi connectivity index (χ2v) is 7.88. The summed E-state index contributed by atoms with van der Waals surface area (Å²) in [7, 11) is 0. The quantitative estimate of drug-likeness (QED) is 0.773. The Kier molecular flexibility index (Phi) is 6.97. The van der Waals surface area contributed by atoms with E-state index in [2.05, 4.69) is 41.8 Å². The second kappa shape index (κ2) is 9.44. The maximum atomic E-state index is 12.6. The number of amides is 1. The zero-order chi connectivity index (χ0) is 18.6. The number of halogens is 1. The van der Waals surface area contributed by atoms with E-state index < -0.39 is 0 Å². The van der Waals surface area contributed by atoms with Gasteiger partial charge in [-0.05, 0) is 61.0 Å². The molecule has 1 saturated carbocycles. The van der Waals surface area contributed by atoms with Crippen LogP contribution in [0.3, 0.4) is 0 Å². The van der Waals surface area contributed by atoms with Crippen molar-refractivity contribution in [3.63, 3.8) is 0 Å². The molecule has 2 aliphatic rings. The molecule has 5 heteroatoms. The average Bonchev–Trinajstić information content (AvgIpc) is 3.50. The summed E-state index contributed by atoms with van der Waals surface area (Å²) in [5.74, 6) is 2.07. The van der Waals surface area contributed by atoms with Crippen LogP contribution in [0.25, 0.3) is 0 Å². The van der Waals surface area contributed by atoms with Gasteiger partial charge in [-0.2, -0.15) is 0 Å². The van der Waals surface area contributed by atoms with Gasteiger partial charge in [0.2, 0.25) is 5.91 Å². The van der Waals surface area contributed by atoms with Gasteiger partial charge in [0, 0.05) is 12.0 Å². The molecule has 0 spiro atoms. The summed E-state index contributed by atoms with van der Waals surface area (Å²) in [6.07, 6.45) is 1.98. The smallest absolute Gasteiger partial charge is 0.223 e. The first kappa shape index (κ1) is 20.7. The van der Waals surface area contributed by atoms with E-state index in [-0.39, 0.29) is 24.2 Å². The Morgan fingerprint density at radius 1 is 1.14 bits per heavy atom. The Balaban J connectivity index is 0.00000225. The number of ether oxygens (including phenoxy) is 1. The van der Waals surface area contributed by atoms with E-state index in [9.17, 15) is 4.79 Å². The third-order valence-electron chi connectivity index (χ3n) is 5.80. The Morgan fingerprint density at radius 3 is 2.61 bits per heavy atom. The van der Waals surface area contributed by atoms with Crippen molar-refractivity contribution >= 4 is 18.3 Å². The van der Waals surface area contributed by atoms with Crippen molar-refractivity contribution in [3.8, 4) is 5.75 Å². The monoisotopic (exact) mass is 400 g/mol. The Hall–Kier alpha value is -2.04. The summed E-state index contributed by atoms with van der Waals surface area (Å²) >= 11 is 0. The molecule has 1 aliphatic carbocycles. The molecule has 2 N–H and O–H groups in total. The first-order chi connectivity index (χ1) is 13.2. The van der Waals surface area contributed by atoms with Gasteiger partial charge < -0.3 is 15.4 Å². The Morgan fingerprint density at radius 2 is 1.89 bits per heavy atom. The molecule has 150 valence electrons. The van der Waals surface area contributed by atoms with Gasteiger partial charge in [0.15, 0.2) is 0 Å². The van der Waals surface area contributed by atoms with E-state index in [1.165, 1.54) is 5.56 Å². The molecule has 1 amide bonds. The summed E-state index contributed by atoms with van der Waals surface area (Å²) in [4.78, 5) is 12.6. The lowest BCUT2D eigenvalue weighted by Crippen LogP contribution is -2.48. The van der Waals surface area contributed by atoms with E-state index in [1.54, 1.807) is 0 Å². The second-order valence-electron chi connectivity index (χ2n) is 7.88. The van der Waals surface area contributed by atoms with Crippen LogP contribution >= 0.6 is 12.4 Å². The normalized spacial score (nSPS) is 26.0. The molecule has 4 rings (SSSR count). The van der Waals surface area contributed by atoms with E-state index in [4.69, 9.17) is 4.74 Å². The summed E-state index contributed by atoms with van der Waals surface area (Å²) in [5, 5.41) is 6.66. The predicted octanol–water partition coefficient (Wildman–Crippen LogP) is 3.91. The van der Waals surface area contributed by atoms with Crippen LogP contribution in [0.1, 0.15) is 36.8 Å². The van der Waals surface area contributed by atoms with Crippen LogP contribution in [0.5, 0.6) is 5.75 Å². The molecule has 28 heavy (non-hydrogen) atoms. The van der Waals surface area contributed by atoms with Crippen molar-refractivity contribution in [2.75, 3.05) is 13.1 Å². The fourth-order valence-corrected chi connectivity index (χ4v) is 3.92. The lowest BCUT2D eigenvalue weighted by molar-refractivity contribution is -0.123. The summed E-state index contributed by atoms with van der Waals surface area (Å²) in [6.45, 7) is 4.76. The lowest BCUT2D eigenvalue weighted by atomic mass is 9.95. The van der Waals surface area contributed by atoms with Crippen LogP contribution in [0.4, 0.5) is 0 Å². The molecule has 4 atom stereocenters. The number of hydrogen-bond donors (Lipinski definition) is 2. The van der Waals surface area contributed by atoms with Gasteiger partial charge in [0.1, 0.15) is 12.4 Å². The molecule has 0 aromatic heterocycles. The van der Waals surface area contributed by atoms with Crippen molar-refractivity contribution in [2.24, 2.45) is 11.8 Å². The van der Waals surface area contributed by atoms with E-state index in [1.807, 2.05) is 30.3 Å². The minimum atomic E-state index is 0. The van der Waals surface area contributed by atoms with E-state index >= 15 is 0 Å². The number of rotatable bonds is 6. The highest BCUT2D eigenvalue weighted by molar-refractivity contribution is 5.85. The SMILES string of the molecule is CC1CNCCC1NC(=O)C1CC1c1ccc(OCc2ccccc2)cc1.Cl. The number of piperidine rings is 1. The van der Waals surface area contributed by atoms with Crippen molar-refractivity contribution in [1.82, 2.24) is 10.6 Å². The topological polar surface area (TPSA) is 50.4 Å². The zero-order valence-corrected chi connectivity index (χ0v) is 17.1. The standard InChI is InChI=1S/C23H28N2O2.ClH/c1-16-14-24-12-11-22(16)25-23(26)21-13-20(21)18-7-9-19(10-8-18)27-15-17-5-3-2-4-6-17;/h2-10,16,20-22,24H,11-15H2,1H3,(H,25,26);1H. The Bertz CT molecular complexity index is 766. The molecule has 2 aromatic rings. The van der Waals surface area contributed by atoms with Gasteiger partial charge in [-0.1, -0.05) is 49.4 Å². The first-order valence-electron chi connectivity index (χ1n) is 9.98. The molecule has 1 heterocycles. The van der Waals surface area contributed by atoms with E-state index in [0.29, 0.717) is 24.5 Å². The number of benzene rings is 2. The van der Waals surface area contributed by atoms with Crippen LogP contribution in [0, 0.1) is 11.8 Å². The van der Waals surface area contributed by atoms with Crippen LogP contribution in [0.15, 0.2) is 54.6 Å². The molecule has 4 unspecified atom stereocenters. The highest BCUT2D eigenvalue weighted by atomic mass is 35.5. The fraction of sp³-hybridized carbons (Fsp3) is 0.435. The largest absolute Gasteiger partial charge is 0.489 e. The molecule has 0 radical (unpaired) electrons. The molecule has 1 aliphatic heterocycles. The molecule has 4 nitrogen and oxygen atoms in total. The minimum absolute atomic E-state index is 0. The highest BCUT2D eigenvalue weighted by Crippen LogP contribution is 2.48. The number of carbonyl (C=O) groups is 1. The third-order valence-corrected chi connectivity index (χ3v) is 5.80. The molecule has 2 fully saturated rings. The summed E-state index contributed by atoms with van der Waals surface area (Å²) in [6, 6.07) is 18.7. The lowest BCUT2D eigenvalue weighted by Gasteiger charge is -2.30. The van der Waals surface area contributed by atoms with Gasteiger partial charge >= 0.3 is 0 Å². The molecule has 2 aromatic carbocycles. The maximum Gasteiger partial charge on any atom is 0.223 e. The van der Waals surface area contributed by atoms with Crippen LogP contribution in [-0.4, -0.2) is 25.0 Å². The Labute approximate surface area is 173 Å². The highest BCUT2D eigenvalue weighted by Gasteiger charge is 2.44. The molecular formula is C23H29ClN2O2. The van der Waals surface area contributed by atoms with Crippen LogP contribution < -0.4 is 15.4 Å². The first-order valence-corrected chi connectivity index (χ1v) is 9.98. The molecular weight excluding hydrogens is 372 g/mol. The number of nitrogens with one attached hydrogen (secondary N) is 2. The molecule has 0 bridgehead atoms. The van der Waals surface area contributed by atoms with Crippen LogP contribution in [0.2, 0.25) is 0 Å². The number of hydrogen-bond acceptors (Lipinski definition) is 3. The van der Waals surface area contributed by atoms with Crippen molar-refractivity contribution in [2.45, 2.75) is 38.3 Å².